The Bertz CT molecular complexity index is 812. The summed E-state index contributed by atoms with van der Waals surface area (Å²) < 4.78 is 10.4. The van der Waals surface area contributed by atoms with E-state index in [1.165, 1.54) is 11.8 Å². The number of carbonyl (C=O) groups excluding carboxylic acids is 2. The zero-order valence-corrected chi connectivity index (χ0v) is 15.8. The monoisotopic (exact) mass is 372 g/mol. The van der Waals surface area contributed by atoms with Gasteiger partial charge in [0, 0.05) is 39.2 Å². The molecule has 0 atom stereocenters. The molecule has 8 heteroatoms. The molecule has 2 heterocycles. The fourth-order valence-electron chi connectivity index (χ4n) is 3.16. The molecule has 1 aromatic carbocycles. The molecule has 0 spiro atoms. The van der Waals surface area contributed by atoms with Crippen LogP contribution in [0.5, 0.6) is 5.75 Å². The van der Waals surface area contributed by atoms with Crippen LogP contribution < -0.4 is 14.5 Å². The lowest BCUT2D eigenvalue weighted by molar-refractivity contribution is -0.131. The molecule has 1 aliphatic rings. The molecule has 0 unspecified atom stereocenters. The summed E-state index contributed by atoms with van der Waals surface area (Å²) in [5.41, 5.74) is 1.02. The third kappa shape index (κ3) is 4.21. The van der Waals surface area contributed by atoms with Gasteiger partial charge in [-0.2, -0.15) is 0 Å². The van der Waals surface area contributed by atoms with Crippen LogP contribution in [0, 0.1) is 6.92 Å². The Balaban J connectivity index is 1.61. The van der Waals surface area contributed by atoms with E-state index >= 15 is 0 Å². The molecule has 1 aliphatic heterocycles. The van der Waals surface area contributed by atoms with Gasteiger partial charge in [-0.05, 0) is 19.1 Å². The number of rotatable bonds is 5. The Hall–Kier alpha value is -3.03. The second-order valence-electron chi connectivity index (χ2n) is 6.44. The van der Waals surface area contributed by atoms with Gasteiger partial charge >= 0.3 is 0 Å². The zero-order chi connectivity index (χ0) is 19.4. The molecule has 8 nitrogen and oxygen atoms in total. The Morgan fingerprint density at radius 1 is 1.22 bits per heavy atom. The number of hydrogen-bond acceptors (Lipinski definition) is 6. The molecule has 1 fully saturated rings. The van der Waals surface area contributed by atoms with Gasteiger partial charge in [0.15, 0.2) is 5.82 Å². The first-order valence-electron chi connectivity index (χ1n) is 8.86. The maximum Gasteiger partial charge on any atom is 0.242 e. The Morgan fingerprint density at radius 3 is 2.52 bits per heavy atom. The lowest BCUT2D eigenvalue weighted by atomic mass is 10.2. The van der Waals surface area contributed by atoms with E-state index in [0.29, 0.717) is 37.8 Å². The number of amides is 2. The highest BCUT2D eigenvalue weighted by Crippen LogP contribution is 2.28. The first kappa shape index (κ1) is 18.8. The lowest BCUT2D eigenvalue weighted by Gasteiger charge is -2.37. The van der Waals surface area contributed by atoms with Crippen molar-refractivity contribution in [2.75, 3.05) is 49.6 Å². The Labute approximate surface area is 158 Å². The van der Waals surface area contributed by atoms with E-state index < -0.39 is 0 Å². The van der Waals surface area contributed by atoms with E-state index in [4.69, 9.17) is 9.26 Å². The van der Waals surface area contributed by atoms with Crippen molar-refractivity contribution in [3.8, 4) is 5.75 Å². The van der Waals surface area contributed by atoms with Crippen molar-refractivity contribution in [2.45, 2.75) is 13.8 Å². The predicted molar refractivity (Wildman–Crippen MR) is 101 cm³/mol. The van der Waals surface area contributed by atoms with Gasteiger partial charge in [-0.25, -0.2) is 0 Å². The maximum atomic E-state index is 12.7. The van der Waals surface area contributed by atoms with Gasteiger partial charge in [-0.3, -0.25) is 14.5 Å². The number of anilines is 2. The number of methoxy groups -OCH3 is 1. The zero-order valence-electron chi connectivity index (χ0n) is 15.8. The van der Waals surface area contributed by atoms with E-state index in [2.05, 4.69) is 10.1 Å². The van der Waals surface area contributed by atoms with Crippen molar-refractivity contribution in [3.63, 3.8) is 0 Å². The van der Waals surface area contributed by atoms with E-state index in [0.717, 1.165) is 11.4 Å². The molecular weight excluding hydrogens is 348 g/mol. The SMILES string of the molecule is COc1ccccc1N1CCN(C(=O)CN(C(C)=O)c2cc(C)on2)CC1. The summed E-state index contributed by atoms with van der Waals surface area (Å²) in [5.74, 6) is 1.42. The molecule has 0 radical (unpaired) electrons. The molecule has 2 amide bonds. The molecular formula is C19H24N4O4. The number of para-hydroxylation sites is 2. The van der Waals surface area contributed by atoms with Crippen molar-refractivity contribution >= 4 is 23.3 Å². The molecule has 0 aliphatic carbocycles. The summed E-state index contributed by atoms with van der Waals surface area (Å²) >= 11 is 0. The molecule has 0 saturated carbocycles. The number of piperazine rings is 1. The third-order valence-corrected chi connectivity index (χ3v) is 4.62. The summed E-state index contributed by atoms with van der Waals surface area (Å²) in [6.45, 7) is 5.69. The molecule has 27 heavy (non-hydrogen) atoms. The van der Waals surface area contributed by atoms with Gasteiger partial charge in [-0.15, -0.1) is 0 Å². The Kier molecular flexibility index (Phi) is 5.63. The smallest absolute Gasteiger partial charge is 0.242 e. The molecule has 144 valence electrons. The van der Waals surface area contributed by atoms with Crippen LogP contribution in [0.4, 0.5) is 11.5 Å². The molecule has 1 saturated heterocycles. The van der Waals surface area contributed by atoms with Gasteiger partial charge in [0.25, 0.3) is 0 Å². The van der Waals surface area contributed by atoms with Crippen LogP contribution in [0.3, 0.4) is 0 Å². The molecule has 3 rings (SSSR count). The molecule has 1 aromatic heterocycles. The normalized spacial score (nSPS) is 14.2. The van der Waals surface area contributed by atoms with Gasteiger partial charge in [0.2, 0.25) is 11.8 Å². The summed E-state index contributed by atoms with van der Waals surface area (Å²) in [5, 5.41) is 3.84. The molecule has 0 N–H and O–H groups in total. The quantitative estimate of drug-likeness (QED) is 0.795. The summed E-state index contributed by atoms with van der Waals surface area (Å²) in [7, 11) is 1.65. The van der Waals surface area contributed by atoms with E-state index in [1.54, 1.807) is 25.0 Å². The average Bonchev–Trinajstić information content (AvgIpc) is 3.11. The first-order valence-corrected chi connectivity index (χ1v) is 8.86. The minimum atomic E-state index is -0.246. The lowest BCUT2D eigenvalue weighted by Crippen LogP contribution is -2.52. The number of ether oxygens (including phenoxy) is 1. The van der Waals surface area contributed by atoms with Gasteiger partial charge in [-0.1, -0.05) is 17.3 Å². The summed E-state index contributed by atoms with van der Waals surface area (Å²) in [6, 6.07) is 9.50. The number of aromatic nitrogens is 1. The minimum Gasteiger partial charge on any atom is -0.495 e. The number of carbonyl (C=O) groups is 2. The fourth-order valence-corrected chi connectivity index (χ4v) is 3.16. The largest absolute Gasteiger partial charge is 0.495 e. The highest BCUT2D eigenvalue weighted by Gasteiger charge is 2.26. The van der Waals surface area contributed by atoms with Crippen molar-refractivity contribution in [3.05, 3.63) is 36.1 Å². The van der Waals surface area contributed by atoms with Crippen LogP contribution in [0.2, 0.25) is 0 Å². The van der Waals surface area contributed by atoms with E-state index in [9.17, 15) is 9.59 Å². The number of hydrogen-bond donors (Lipinski definition) is 0. The van der Waals surface area contributed by atoms with Crippen LogP contribution in [-0.2, 0) is 9.59 Å². The van der Waals surface area contributed by atoms with Crippen LogP contribution >= 0.6 is 0 Å². The van der Waals surface area contributed by atoms with Crippen LogP contribution in [0.1, 0.15) is 12.7 Å². The topological polar surface area (TPSA) is 79.1 Å². The Morgan fingerprint density at radius 2 is 1.93 bits per heavy atom. The van der Waals surface area contributed by atoms with Crippen molar-refractivity contribution in [2.24, 2.45) is 0 Å². The first-order chi connectivity index (χ1) is 13.0. The summed E-state index contributed by atoms with van der Waals surface area (Å²) in [4.78, 5) is 29.9. The van der Waals surface area contributed by atoms with Crippen molar-refractivity contribution in [1.82, 2.24) is 10.1 Å². The van der Waals surface area contributed by atoms with E-state index in [-0.39, 0.29) is 18.4 Å². The van der Waals surface area contributed by atoms with Gasteiger partial charge in [0.1, 0.15) is 18.1 Å². The van der Waals surface area contributed by atoms with Crippen LogP contribution in [-0.4, -0.2) is 61.7 Å². The van der Waals surface area contributed by atoms with Crippen molar-refractivity contribution in [1.29, 1.82) is 0 Å². The van der Waals surface area contributed by atoms with E-state index in [1.807, 2.05) is 24.3 Å². The summed E-state index contributed by atoms with van der Waals surface area (Å²) in [6.07, 6.45) is 0. The van der Waals surface area contributed by atoms with Crippen LogP contribution in [0.25, 0.3) is 0 Å². The number of aryl methyl sites for hydroxylation is 1. The highest BCUT2D eigenvalue weighted by atomic mass is 16.5. The third-order valence-electron chi connectivity index (χ3n) is 4.62. The average molecular weight is 372 g/mol. The second kappa shape index (κ2) is 8.11. The second-order valence-corrected chi connectivity index (χ2v) is 6.44. The van der Waals surface area contributed by atoms with Gasteiger partial charge < -0.3 is 19.1 Å². The fraction of sp³-hybridized carbons (Fsp3) is 0.421. The number of nitrogens with zero attached hydrogens (tertiary/aromatic N) is 4. The van der Waals surface area contributed by atoms with Crippen LogP contribution in [0.15, 0.2) is 34.9 Å². The minimum absolute atomic E-state index is 0.0457. The standard InChI is InChI=1S/C19H24N4O4/c1-14-12-18(20-27-14)23(15(2)24)13-19(25)22-10-8-21(9-11-22)16-6-4-5-7-17(16)26-3/h4-7,12H,8-11,13H2,1-3H3. The number of benzene rings is 1. The maximum absolute atomic E-state index is 12.7. The predicted octanol–water partition coefficient (Wildman–Crippen LogP) is 1.69. The molecule has 0 bridgehead atoms. The highest BCUT2D eigenvalue weighted by molar-refractivity contribution is 5.96. The van der Waals surface area contributed by atoms with Gasteiger partial charge in [0.05, 0.1) is 12.8 Å². The molecule has 2 aromatic rings. The van der Waals surface area contributed by atoms with Crippen molar-refractivity contribution < 1.29 is 18.8 Å².